The summed E-state index contributed by atoms with van der Waals surface area (Å²) >= 11 is 1.47. The molecule has 0 radical (unpaired) electrons. The summed E-state index contributed by atoms with van der Waals surface area (Å²) in [5.41, 5.74) is 1.85. The van der Waals surface area contributed by atoms with Gasteiger partial charge >= 0.3 is 0 Å². The number of nitrogens with zero attached hydrogens (tertiary/aromatic N) is 2. The molecule has 0 unspecified atom stereocenters. The summed E-state index contributed by atoms with van der Waals surface area (Å²) in [6.45, 7) is 3.07. The van der Waals surface area contributed by atoms with E-state index in [4.69, 9.17) is 4.74 Å². The lowest BCUT2D eigenvalue weighted by Crippen LogP contribution is -2.28. The predicted molar refractivity (Wildman–Crippen MR) is 94.2 cm³/mol. The first kappa shape index (κ1) is 15.6. The van der Waals surface area contributed by atoms with Crippen molar-refractivity contribution in [2.45, 2.75) is 13.5 Å². The van der Waals surface area contributed by atoms with Crippen LogP contribution >= 0.6 is 11.8 Å². The van der Waals surface area contributed by atoms with E-state index in [1.165, 1.54) is 11.8 Å². The molecule has 1 amide bonds. The Labute approximate surface area is 140 Å². The number of benzene rings is 2. The van der Waals surface area contributed by atoms with Crippen molar-refractivity contribution in [3.05, 3.63) is 60.2 Å². The van der Waals surface area contributed by atoms with Gasteiger partial charge in [-0.1, -0.05) is 54.2 Å². The molecule has 4 nitrogen and oxygen atoms in total. The quantitative estimate of drug-likeness (QED) is 0.838. The highest BCUT2D eigenvalue weighted by Gasteiger charge is 2.28. The van der Waals surface area contributed by atoms with Crippen LogP contribution in [0, 0.1) is 0 Å². The third kappa shape index (κ3) is 3.74. The average molecular weight is 326 g/mol. The fraction of sp³-hybridized carbons (Fsp3) is 0.222. The Hall–Kier alpha value is -2.27. The Bertz CT molecular complexity index is 716. The summed E-state index contributed by atoms with van der Waals surface area (Å²) in [4.78, 5) is 18.6. The van der Waals surface area contributed by atoms with E-state index in [-0.39, 0.29) is 5.91 Å². The lowest BCUT2D eigenvalue weighted by atomic mass is 10.2. The molecular weight excluding hydrogens is 308 g/mol. The minimum absolute atomic E-state index is 0.0893. The smallest absolute Gasteiger partial charge is 0.239 e. The van der Waals surface area contributed by atoms with Crippen LogP contribution in [-0.4, -0.2) is 28.3 Å². The molecule has 0 aliphatic carbocycles. The van der Waals surface area contributed by atoms with Crippen molar-refractivity contribution in [3.63, 3.8) is 0 Å². The summed E-state index contributed by atoms with van der Waals surface area (Å²) in [6.07, 6.45) is 0. The van der Waals surface area contributed by atoms with Gasteiger partial charge in [0.05, 0.1) is 18.9 Å². The van der Waals surface area contributed by atoms with Crippen LogP contribution in [0.3, 0.4) is 0 Å². The molecule has 23 heavy (non-hydrogen) atoms. The molecule has 0 saturated carbocycles. The number of para-hydroxylation sites is 2. The van der Waals surface area contributed by atoms with E-state index < -0.39 is 0 Å². The molecule has 0 atom stereocenters. The minimum atomic E-state index is 0.0893. The Morgan fingerprint density at radius 3 is 2.65 bits per heavy atom. The lowest BCUT2D eigenvalue weighted by molar-refractivity contribution is -0.124. The van der Waals surface area contributed by atoms with Crippen molar-refractivity contribution in [2.24, 2.45) is 4.99 Å². The topological polar surface area (TPSA) is 41.9 Å². The van der Waals surface area contributed by atoms with E-state index in [0.29, 0.717) is 18.9 Å². The second-order valence-electron chi connectivity index (χ2n) is 5.05. The maximum Gasteiger partial charge on any atom is 0.239 e. The normalized spacial score (nSPS) is 16.1. The molecule has 1 aliphatic rings. The number of aliphatic imine (C=N–C) groups is 1. The van der Waals surface area contributed by atoms with E-state index in [2.05, 4.69) is 4.99 Å². The second-order valence-corrected chi connectivity index (χ2v) is 5.99. The van der Waals surface area contributed by atoms with E-state index in [1.54, 1.807) is 4.90 Å². The molecule has 118 valence electrons. The summed E-state index contributed by atoms with van der Waals surface area (Å²) in [5.74, 6) is 1.26. The van der Waals surface area contributed by atoms with Crippen molar-refractivity contribution in [1.82, 2.24) is 4.90 Å². The van der Waals surface area contributed by atoms with E-state index in [9.17, 15) is 4.79 Å². The molecule has 1 fully saturated rings. The predicted octanol–water partition coefficient (Wildman–Crippen LogP) is 3.85. The van der Waals surface area contributed by atoms with Gasteiger partial charge in [0.15, 0.2) is 5.17 Å². The Morgan fingerprint density at radius 2 is 1.87 bits per heavy atom. The number of thioether (sulfide) groups is 1. The molecule has 0 N–H and O–H groups in total. The van der Waals surface area contributed by atoms with Crippen LogP contribution in [0.4, 0.5) is 5.69 Å². The van der Waals surface area contributed by atoms with Gasteiger partial charge in [0.25, 0.3) is 0 Å². The van der Waals surface area contributed by atoms with Crippen LogP contribution < -0.4 is 4.74 Å². The molecule has 0 aromatic heterocycles. The highest BCUT2D eigenvalue weighted by molar-refractivity contribution is 8.15. The monoisotopic (exact) mass is 326 g/mol. The lowest BCUT2D eigenvalue weighted by Gasteiger charge is -2.16. The van der Waals surface area contributed by atoms with Crippen molar-refractivity contribution in [2.75, 3.05) is 12.4 Å². The summed E-state index contributed by atoms with van der Waals surface area (Å²) in [7, 11) is 0. The standard InChI is InChI=1S/C18H18N2O2S/c1-2-22-16-11-7-6-10-15(16)19-18-20(17(21)13-23-18)12-14-8-4-3-5-9-14/h3-11H,2,12-13H2,1H3. The van der Waals surface area contributed by atoms with E-state index in [0.717, 1.165) is 22.2 Å². The van der Waals surface area contributed by atoms with Crippen LogP contribution in [0.2, 0.25) is 0 Å². The van der Waals surface area contributed by atoms with Gasteiger partial charge in [-0.25, -0.2) is 4.99 Å². The SMILES string of the molecule is CCOc1ccccc1N=C1SCC(=O)N1Cc1ccccc1. The molecule has 5 heteroatoms. The zero-order valence-corrected chi connectivity index (χ0v) is 13.8. The van der Waals surface area contributed by atoms with Gasteiger partial charge in [0.2, 0.25) is 5.91 Å². The van der Waals surface area contributed by atoms with Gasteiger partial charge in [-0.05, 0) is 24.6 Å². The van der Waals surface area contributed by atoms with Gasteiger partial charge in [0, 0.05) is 0 Å². The number of carbonyl (C=O) groups is 1. The van der Waals surface area contributed by atoms with Crippen molar-refractivity contribution < 1.29 is 9.53 Å². The van der Waals surface area contributed by atoms with Gasteiger partial charge in [0.1, 0.15) is 11.4 Å². The number of ether oxygens (including phenoxy) is 1. The first-order valence-corrected chi connectivity index (χ1v) is 8.54. The second kappa shape index (κ2) is 7.33. The number of amidine groups is 1. The first-order chi connectivity index (χ1) is 11.3. The molecule has 3 rings (SSSR count). The third-order valence-corrected chi connectivity index (χ3v) is 4.38. The fourth-order valence-corrected chi connectivity index (χ4v) is 3.23. The first-order valence-electron chi connectivity index (χ1n) is 7.55. The molecule has 2 aromatic rings. The molecular formula is C18H18N2O2S. The fourth-order valence-electron chi connectivity index (χ4n) is 2.33. The summed E-state index contributed by atoms with van der Waals surface area (Å²) in [5, 5.41) is 0.728. The number of hydrogen-bond donors (Lipinski definition) is 0. The van der Waals surface area contributed by atoms with Crippen molar-refractivity contribution in [3.8, 4) is 5.75 Å². The highest BCUT2D eigenvalue weighted by Crippen LogP contribution is 2.31. The molecule has 1 saturated heterocycles. The van der Waals surface area contributed by atoms with E-state index >= 15 is 0 Å². The Balaban J connectivity index is 1.87. The van der Waals surface area contributed by atoms with Crippen molar-refractivity contribution in [1.29, 1.82) is 0 Å². The van der Waals surface area contributed by atoms with Gasteiger partial charge < -0.3 is 4.74 Å². The van der Waals surface area contributed by atoms with Crippen LogP contribution in [0.5, 0.6) is 5.75 Å². The summed E-state index contributed by atoms with van der Waals surface area (Å²) in [6, 6.07) is 17.6. The summed E-state index contributed by atoms with van der Waals surface area (Å²) < 4.78 is 5.61. The van der Waals surface area contributed by atoms with Gasteiger partial charge in [-0.3, -0.25) is 9.69 Å². The maximum atomic E-state index is 12.2. The minimum Gasteiger partial charge on any atom is -0.492 e. The average Bonchev–Trinajstić information content (AvgIpc) is 2.91. The maximum absolute atomic E-state index is 12.2. The molecule has 0 spiro atoms. The number of amides is 1. The zero-order valence-electron chi connectivity index (χ0n) is 12.9. The Kier molecular flexibility index (Phi) is 4.98. The van der Waals surface area contributed by atoms with Crippen LogP contribution in [-0.2, 0) is 11.3 Å². The van der Waals surface area contributed by atoms with Crippen LogP contribution in [0.1, 0.15) is 12.5 Å². The van der Waals surface area contributed by atoms with Crippen LogP contribution in [0.25, 0.3) is 0 Å². The largest absolute Gasteiger partial charge is 0.492 e. The Morgan fingerprint density at radius 1 is 1.13 bits per heavy atom. The molecule has 2 aromatic carbocycles. The highest BCUT2D eigenvalue weighted by atomic mass is 32.2. The van der Waals surface area contributed by atoms with Crippen LogP contribution in [0.15, 0.2) is 59.6 Å². The number of carbonyl (C=O) groups excluding carboxylic acids is 1. The van der Waals surface area contributed by atoms with Crippen molar-refractivity contribution >= 4 is 28.5 Å². The third-order valence-electron chi connectivity index (χ3n) is 3.42. The molecule has 1 aliphatic heterocycles. The van der Waals surface area contributed by atoms with Gasteiger partial charge in [-0.2, -0.15) is 0 Å². The molecule has 1 heterocycles. The number of rotatable bonds is 5. The van der Waals surface area contributed by atoms with Gasteiger partial charge in [-0.15, -0.1) is 0 Å². The zero-order chi connectivity index (χ0) is 16.1. The van der Waals surface area contributed by atoms with E-state index in [1.807, 2.05) is 61.5 Å². The molecule has 0 bridgehead atoms. The number of hydrogen-bond acceptors (Lipinski definition) is 4.